The zero-order valence-corrected chi connectivity index (χ0v) is 116. The Hall–Kier alpha value is -2.24. The summed E-state index contributed by atoms with van der Waals surface area (Å²) in [5.74, 6) is -1.87. The molecule has 2 fully saturated rings. The summed E-state index contributed by atoms with van der Waals surface area (Å²) in [4.78, 5) is 69.0. The molecule has 2 saturated heterocycles. The van der Waals surface area contributed by atoms with Crippen molar-refractivity contribution in [1.29, 1.82) is 0 Å². The fourth-order valence-electron chi connectivity index (χ4n) is 14.1. The molecule has 0 aromatic heterocycles. The molecule has 4 N–H and O–H groups in total. The Morgan fingerprint density at radius 3 is 0.905 bits per heavy atom. The fraction of sp³-hybridized carbons (Fsp3) is 0.775. The van der Waals surface area contributed by atoms with E-state index in [1.807, 2.05) is 33.1 Å². The molecule has 0 saturated carbocycles. The Kier molecular flexibility index (Phi) is 77.3. The summed E-state index contributed by atoms with van der Waals surface area (Å²) in [5.41, 5.74) is -3.08. The first-order valence-electron chi connectivity index (χ1n) is 50.0. The van der Waals surface area contributed by atoms with Gasteiger partial charge in [-0.1, -0.05) is 52.5 Å². The minimum absolute atomic E-state index is 0.0739. The first kappa shape index (κ1) is 153. The predicted octanol–water partition coefficient (Wildman–Crippen LogP) is 18.4. The SMILES string of the molecule is C=C(C)C(=O)OCCC[Si](C)(C)OCCCO[Si](C)(C)CCCOC(=O)C(=C)C.C=C(C)C(=O)OCCC[Si](C)(C)O[SiH](C)O[Si](C)(C)O[Si](C)(C)CCCOC(=O)C(=C)C.C=C(C)C(=O)OCCC[Si](C)(C)O[Si](C)(C)O[Si](C)(CCCOCC(O)CO)O[Si](C)(C)CCCOC(=O)C(=C)C.C=CCOCC(C)CO.C[SiH]1O[SiH](C)O[SiH](C)O[SiH](C)O1.C[Si]1(C)O[Si](C)(C)O[Si](C)(C)O[Si](C)(C)O1.O=S(=O)(O)C(F)(F)F. The Balaban J connectivity index is -0.000000570. The molecular formula is C89H195F3O36SSi18. The first-order chi connectivity index (χ1) is 66.5. The Morgan fingerprint density at radius 2 is 0.646 bits per heavy atom. The van der Waals surface area contributed by atoms with Gasteiger partial charge in [0.2, 0.25) is 0 Å². The van der Waals surface area contributed by atoms with Gasteiger partial charge in [0.1, 0.15) is 6.10 Å². The van der Waals surface area contributed by atoms with Gasteiger partial charge >= 0.3 is 111 Å². The number of hydrogen-bond donors (Lipinski definition) is 4. The van der Waals surface area contributed by atoms with E-state index in [0.29, 0.717) is 131 Å². The van der Waals surface area contributed by atoms with E-state index in [4.69, 9.17) is 128 Å². The number of rotatable bonds is 60. The van der Waals surface area contributed by atoms with Crippen molar-refractivity contribution in [2.24, 2.45) is 5.92 Å². The van der Waals surface area contributed by atoms with Gasteiger partial charge in [0.25, 0.3) is 46.4 Å². The number of hydrogen-bond acceptors (Lipinski definition) is 35. The third kappa shape index (κ3) is 88.4. The number of aliphatic hydroxyl groups excluding tert-OH is 3. The average molecular weight is 2440 g/mol. The van der Waals surface area contributed by atoms with Crippen molar-refractivity contribution in [2.45, 2.75) is 350 Å². The molecule has 0 radical (unpaired) electrons. The number of esters is 6. The maximum atomic E-state index is 11.7. The molecule has 2 aliphatic heterocycles. The summed E-state index contributed by atoms with van der Waals surface area (Å²) in [6, 6.07) is 5.97. The topological polar surface area (TPSA) is 439 Å². The monoisotopic (exact) mass is 2430 g/mol. The summed E-state index contributed by atoms with van der Waals surface area (Å²) < 4.78 is 198. The van der Waals surface area contributed by atoms with Crippen LogP contribution in [0.15, 0.2) is 85.6 Å². The average Bonchev–Trinajstić information content (AvgIpc) is 0.807. The van der Waals surface area contributed by atoms with Crippen LogP contribution >= 0.6 is 0 Å². The van der Waals surface area contributed by atoms with Crippen LogP contribution in [0.4, 0.5) is 13.2 Å². The smallest absolute Gasteiger partial charge is 0.462 e. The summed E-state index contributed by atoms with van der Waals surface area (Å²) in [5, 5.41) is 27.1. The van der Waals surface area contributed by atoms with Crippen LogP contribution in [0, 0.1) is 5.92 Å². The highest BCUT2D eigenvalue weighted by Gasteiger charge is 2.52. The van der Waals surface area contributed by atoms with E-state index in [0.717, 1.165) is 68.4 Å². The highest BCUT2D eigenvalue weighted by Crippen LogP contribution is 2.34. The van der Waals surface area contributed by atoms with Crippen LogP contribution in [0.3, 0.4) is 0 Å². The molecule has 147 heavy (non-hydrogen) atoms. The summed E-state index contributed by atoms with van der Waals surface area (Å²) in [7, 11) is -41.3. The molecule has 2 aliphatic rings. The molecule has 0 spiro atoms. The van der Waals surface area contributed by atoms with Crippen LogP contribution in [-0.2, 0) is 143 Å². The van der Waals surface area contributed by atoms with Crippen LogP contribution < -0.4 is 0 Å². The van der Waals surface area contributed by atoms with Gasteiger partial charge in [-0.05, 0) is 332 Å². The van der Waals surface area contributed by atoms with E-state index in [2.05, 4.69) is 216 Å². The molecule has 4 unspecified atom stereocenters. The summed E-state index contributed by atoms with van der Waals surface area (Å²) >= 11 is 0. The van der Waals surface area contributed by atoms with Crippen molar-refractivity contribution >= 4 is 202 Å². The Morgan fingerprint density at radius 1 is 0.388 bits per heavy atom. The van der Waals surface area contributed by atoms with E-state index in [-0.39, 0.29) is 61.6 Å². The Labute approximate surface area is 904 Å². The molecule has 58 heteroatoms. The number of alkyl halides is 3. The van der Waals surface area contributed by atoms with Crippen molar-refractivity contribution in [3.63, 3.8) is 0 Å². The second-order valence-electron chi connectivity index (χ2n) is 42.7. The van der Waals surface area contributed by atoms with Gasteiger partial charge < -0.3 is 120 Å². The van der Waals surface area contributed by atoms with Crippen LogP contribution in [0.25, 0.3) is 0 Å². The van der Waals surface area contributed by atoms with E-state index >= 15 is 0 Å². The predicted molar refractivity (Wildman–Crippen MR) is 618 cm³/mol. The first-order valence-corrected chi connectivity index (χ1v) is 100. The minimum Gasteiger partial charge on any atom is -0.462 e. The Bertz CT molecular complexity index is 3870. The van der Waals surface area contributed by atoms with Crippen LogP contribution in [0.5, 0.6) is 0 Å². The van der Waals surface area contributed by atoms with E-state index in [1.165, 1.54) is 0 Å². The van der Waals surface area contributed by atoms with Crippen LogP contribution in [0.1, 0.15) is 99.8 Å². The van der Waals surface area contributed by atoms with Gasteiger partial charge in [-0.25, -0.2) is 28.8 Å². The quantitative estimate of drug-likeness (QED) is 0.00642. The lowest BCUT2D eigenvalue weighted by atomic mass is 10.2. The fourth-order valence-corrected chi connectivity index (χ4v) is 86.8. The van der Waals surface area contributed by atoms with Gasteiger partial charge in [-0.2, -0.15) is 21.6 Å². The number of carbonyl (C=O) groups is 6. The van der Waals surface area contributed by atoms with Crippen molar-refractivity contribution in [2.75, 3.05) is 92.5 Å². The van der Waals surface area contributed by atoms with Crippen LogP contribution in [-0.4, -0.2) is 324 Å². The maximum absolute atomic E-state index is 11.7. The largest absolute Gasteiger partial charge is 0.522 e. The lowest BCUT2D eigenvalue weighted by molar-refractivity contribution is -0.139. The second kappa shape index (κ2) is 74.2. The number of carbonyl (C=O) groups excluding carboxylic acids is 6. The van der Waals surface area contributed by atoms with Crippen LogP contribution in [0.2, 0.25) is 239 Å². The van der Waals surface area contributed by atoms with Gasteiger partial charge in [0, 0.05) is 65.8 Å². The molecule has 0 aromatic carbocycles. The number of aliphatic hydroxyl groups is 3. The second-order valence-corrected chi connectivity index (χ2v) is 107. The van der Waals surface area contributed by atoms with E-state index in [1.54, 1.807) is 47.6 Å². The maximum Gasteiger partial charge on any atom is 0.522 e. The highest BCUT2D eigenvalue weighted by atomic mass is 32.2. The lowest BCUT2D eigenvalue weighted by Crippen LogP contribution is -2.64. The van der Waals surface area contributed by atoms with Gasteiger partial charge in [0.15, 0.2) is 49.9 Å². The third-order valence-electron chi connectivity index (χ3n) is 19.4. The molecule has 0 aromatic rings. The highest BCUT2D eigenvalue weighted by molar-refractivity contribution is 7.86. The normalized spacial score (nSPS) is 18.0. The molecular weight excluding hydrogens is 2240 g/mol. The lowest BCUT2D eigenvalue weighted by Gasteiger charge is -2.46. The molecule has 0 aliphatic carbocycles. The van der Waals surface area contributed by atoms with E-state index < -0.39 is 178 Å². The minimum atomic E-state index is -5.84. The van der Waals surface area contributed by atoms with Crippen molar-refractivity contribution in [3.8, 4) is 0 Å². The molecule has 2 heterocycles. The molecule has 2 rings (SSSR count). The van der Waals surface area contributed by atoms with Crippen molar-refractivity contribution < 1.29 is 175 Å². The van der Waals surface area contributed by atoms with Gasteiger partial charge in [-0.15, -0.1) is 6.58 Å². The molecule has 36 nitrogen and oxygen atoms in total. The third-order valence-corrected chi connectivity index (χ3v) is 84.0. The molecule has 0 bridgehead atoms. The summed E-state index contributed by atoms with van der Waals surface area (Å²) in [6.07, 6.45) is 6.91. The van der Waals surface area contributed by atoms with Gasteiger partial charge in [0.05, 0.1) is 66.1 Å². The summed E-state index contributed by atoms with van der Waals surface area (Å²) in [6.45, 7) is 105. The standard InChI is InChI=1S/C27H56O10Si4.C21H44O7Si4.C21H40O6Si2.C8H24O4Si4.C7H14O2.C4H16O4Si4.CHF3O3S/c1-23(2)26(30)33-16-13-18-38(5,6)35-40(9,10)37-41(11,20-12-15-32-22-25(29)21-28)36-39(7,8)19-14-17-34-27(31)24(3)4;1-18(2)20(22)24-14-12-16-30(6,7)26-29(5)27-32(10,11)28-31(8,9)17-13-15-25-21(23)19(3)4;1-18(2)20(22)24-12-10-16-28(5,6)26-14-9-15-27-29(7,8)17-11-13-25-21(23)19(3)4;1-13(2)9-14(3,4)11-16(7,8)12-15(5,6)10-13;1-3-4-9-6-7(2)5-8;1-9-5-10(2)7-12(4)8-11(3)6-9;2-1(3,4)8(5,6)7/h25,28-29H,1,3,12-22H2,2,4-11H3;29H,1,3,12-17H2,2,4-11H3;1,3,9-17H2,2,4-8H3;1-8H3;3,7-8H,1,4-6H2,2H3;9-12H,1-4H3;(H,5,6,7). The van der Waals surface area contributed by atoms with Crippen molar-refractivity contribution in [3.05, 3.63) is 85.6 Å². The van der Waals surface area contributed by atoms with E-state index in [9.17, 15) is 47.0 Å². The molecule has 0 amide bonds. The molecule has 4 atom stereocenters. The zero-order valence-electron chi connectivity index (χ0n) is 96.5. The van der Waals surface area contributed by atoms with Gasteiger partial charge in [-0.3, -0.25) is 4.55 Å². The number of ether oxygens (including phenoxy) is 8. The zero-order chi connectivity index (χ0) is 116. The van der Waals surface area contributed by atoms with Crippen molar-refractivity contribution in [1.82, 2.24) is 0 Å². The molecule has 866 valence electrons. The number of halogens is 3.